The lowest BCUT2D eigenvalue weighted by molar-refractivity contribution is -0.121. The predicted molar refractivity (Wildman–Crippen MR) is 45.2 cm³/mol. The predicted octanol–water partition coefficient (Wildman–Crippen LogP) is 1.34. The Morgan fingerprint density at radius 3 is 2.45 bits per heavy atom. The summed E-state index contributed by atoms with van der Waals surface area (Å²) in [7, 11) is 0. The van der Waals surface area contributed by atoms with Crippen molar-refractivity contribution in [3.8, 4) is 0 Å². The van der Waals surface area contributed by atoms with E-state index >= 15 is 0 Å². The number of hydrogen-bond donors (Lipinski definition) is 1. The summed E-state index contributed by atoms with van der Waals surface area (Å²) in [4.78, 5) is 11.3. The molecule has 1 unspecified atom stereocenters. The maximum Gasteiger partial charge on any atom is 0.152 e. The van der Waals surface area contributed by atoms with E-state index in [9.17, 15) is 4.79 Å². The average molecular weight is 155 g/mol. The molecule has 1 atom stereocenters. The number of hydrogen-bond acceptors (Lipinski definition) is 2. The Morgan fingerprint density at radius 1 is 1.55 bits per heavy atom. The molecular formula is C9H17NO. The van der Waals surface area contributed by atoms with Crippen LogP contribution in [0.25, 0.3) is 0 Å². The molecule has 0 saturated heterocycles. The van der Waals surface area contributed by atoms with Crippen molar-refractivity contribution in [1.82, 2.24) is 0 Å². The number of ketones is 1. The van der Waals surface area contributed by atoms with Crippen LogP contribution in [0, 0.1) is 11.8 Å². The second-order valence-corrected chi connectivity index (χ2v) is 3.91. The van der Waals surface area contributed by atoms with E-state index in [4.69, 9.17) is 5.73 Å². The summed E-state index contributed by atoms with van der Waals surface area (Å²) in [6, 6.07) is -0.192. The first-order valence-corrected chi connectivity index (χ1v) is 4.40. The topological polar surface area (TPSA) is 43.1 Å². The first-order valence-electron chi connectivity index (χ1n) is 4.40. The van der Waals surface area contributed by atoms with Gasteiger partial charge < -0.3 is 5.73 Å². The fraction of sp³-hybridized carbons (Fsp3) is 0.889. The van der Waals surface area contributed by atoms with E-state index < -0.39 is 0 Å². The van der Waals surface area contributed by atoms with Crippen LogP contribution in [0.2, 0.25) is 0 Å². The standard InChI is InChI=1S/C9H17NO/c1-6(2)5-8(10)9(11)7-3-4-7/h6-8H,3-5,10H2,1-2H3. The minimum absolute atomic E-state index is 0.192. The Labute approximate surface area is 68.2 Å². The van der Waals surface area contributed by atoms with Gasteiger partial charge in [0.05, 0.1) is 6.04 Å². The van der Waals surface area contributed by atoms with Crippen molar-refractivity contribution >= 4 is 5.78 Å². The van der Waals surface area contributed by atoms with Crippen LogP contribution in [0.3, 0.4) is 0 Å². The lowest BCUT2D eigenvalue weighted by atomic mass is 9.99. The number of Topliss-reactive ketones (excluding diaryl/α,β-unsaturated/α-hetero) is 1. The number of nitrogens with two attached hydrogens (primary N) is 1. The molecule has 0 aromatic carbocycles. The minimum Gasteiger partial charge on any atom is -0.321 e. The summed E-state index contributed by atoms with van der Waals surface area (Å²) >= 11 is 0. The van der Waals surface area contributed by atoms with Gasteiger partial charge in [-0.2, -0.15) is 0 Å². The average Bonchev–Trinajstić information content (AvgIpc) is 2.65. The van der Waals surface area contributed by atoms with Gasteiger partial charge in [-0.15, -0.1) is 0 Å². The summed E-state index contributed by atoms with van der Waals surface area (Å²) in [6.45, 7) is 4.19. The van der Waals surface area contributed by atoms with Crippen LogP contribution in [0.4, 0.5) is 0 Å². The van der Waals surface area contributed by atoms with Crippen molar-refractivity contribution in [3.05, 3.63) is 0 Å². The second-order valence-electron chi connectivity index (χ2n) is 3.91. The molecule has 0 radical (unpaired) electrons. The van der Waals surface area contributed by atoms with Crippen molar-refractivity contribution in [2.45, 2.75) is 39.2 Å². The Hall–Kier alpha value is -0.370. The van der Waals surface area contributed by atoms with Crippen molar-refractivity contribution in [2.24, 2.45) is 17.6 Å². The minimum atomic E-state index is -0.192. The van der Waals surface area contributed by atoms with Gasteiger partial charge >= 0.3 is 0 Å². The van der Waals surface area contributed by atoms with Crippen molar-refractivity contribution < 1.29 is 4.79 Å². The zero-order valence-corrected chi connectivity index (χ0v) is 7.34. The lowest BCUT2D eigenvalue weighted by Gasteiger charge is -2.11. The largest absolute Gasteiger partial charge is 0.321 e. The van der Waals surface area contributed by atoms with E-state index in [1.807, 2.05) is 0 Å². The molecule has 2 nitrogen and oxygen atoms in total. The van der Waals surface area contributed by atoms with E-state index in [1.54, 1.807) is 0 Å². The van der Waals surface area contributed by atoms with Gasteiger partial charge in [-0.05, 0) is 25.2 Å². The molecule has 0 aliphatic heterocycles. The summed E-state index contributed by atoms with van der Waals surface area (Å²) < 4.78 is 0. The second kappa shape index (κ2) is 3.35. The highest BCUT2D eigenvalue weighted by atomic mass is 16.1. The molecule has 1 rings (SSSR count). The molecule has 1 saturated carbocycles. The summed E-state index contributed by atoms with van der Waals surface area (Å²) in [5.41, 5.74) is 5.71. The molecule has 1 fully saturated rings. The zero-order valence-electron chi connectivity index (χ0n) is 7.34. The van der Waals surface area contributed by atoms with Crippen LogP contribution >= 0.6 is 0 Å². The van der Waals surface area contributed by atoms with E-state index in [2.05, 4.69) is 13.8 Å². The van der Waals surface area contributed by atoms with Crippen molar-refractivity contribution in [3.63, 3.8) is 0 Å². The van der Waals surface area contributed by atoms with Gasteiger partial charge in [0, 0.05) is 5.92 Å². The highest BCUT2D eigenvalue weighted by Gasteiger charge is 2.32. The van der Waals surface area contributed by atoms with Crippen molar-refractivity contribution in [1.29, 1.82) is 0 Å². The normalized spacial score (nSPS) is 20.4. The molecule has 2 heteroatoms. The first kappa shape index (κ1) is 8.72. The Kier molecular flexibility index (Phi) is 2.66. The molecule has 11 heavy (non-hydrogen) atoms. The molecule has 0 bridgehead atoms. The van der Waals surface area contributed by atoms with E-state index in [0.717, 1.165) is 19.3 Å². The maximum absolute atomic E-state index is 11.3. The SMILES string of the molecule is CC(C)CC(N)C(=O)C1CC1. The van der Waals surface area contributed by atoms with Crippen LogP contribution < -0.4 is 5.73 Å². The van der Waals surface area contributed by atoms with Crippen LogP contribution in [0.5, 0.6) is 0 Å². The third kappa shape index (κ3) is 2.62. The van der Waals surface area contributed by atoms with Gasteiger partial charge in [0.1, 0.15) is 0 Å². The maximum atomic E-state index is 11.3. The summed E-state index contributed by atoms with van der Waals surface area (Å²) in [5, 5.41) is 0. The molecule has 2 N–H and O–H groups in total. The number of carbonyl (C=O) groups excluding carboxylic acids is 1. The molecule has 0 heterocycles. The van der Waals surface area contributed by atoms with Crippen LogP contribution in [0.15, 0.2) is 0 Å². The molecule has 64 valence electrons. The monoisotopic (exact) mass is 155 g/mol. The van der Waals surface area contributed by atoms with Crippen molar-refractivity contribution in [2.75, 3.05) is 0 Å². The molecule has 0 aromatic heterocycles. The zero-order chi connectivity index (χ0) is 8.43. The number of carbonyl (C=O) groups is 1. The Balaban J connectivity index is 2.27. The van der Waals surface area contributed by atoms with Gasteiger partial charge in [0.25, 0.3) is 0 Å². The first-order chi connectivity index (χ1) is 5.11. The molecule has 0 spiro atoms. The fourth-order valence-corrected chi connectivity index (χ4v) is 1.29. The smallest absolute Gasteiger partial charge is 0.152 e. The fourth-order valence-electron chi connectivity index (χ4n) is 1.29. The Morgan fingerprint density at radius 2 is 2.09 bits per heavy atom. The Bertz CT molecular complexity index is 150. The summed E-state index contributed by atoms with van der Waals surface area (Å²) in [5.74, 6) is 1.15. The van der Waals surface area contributed by atoms with Crippen LogP contribution in [-0.2, 0) is 4.79 Å². The lowest BCUT2D eigenvalue weighted by Crippen LogP contribution is -2.32. The van der Waals surface area contributed by atoms with E-state index in [0.29, 0.717) is 17.6 Å². The van der Waals surface area contributed by atoms with E-state index in [1.165, 1.54) is 0 Å². The van der Waals surface area contributed by atoms with Gasteiger partial charge in [-0.1, -0.05) is 13.8 Å². The van der Waals surface area contributed by atoms with Crippen LogP contribution in [0.1, 0.15) is 33.1 Å². The highest BCUT2D eigenvalue weighted by Crippen LogP contribution is 2.31. The molecule has 1 aliphatic rings. The van der Waals surface area contributed by atoms with Gasteiger partial charge in [-0.3, -0.25) is 4.79 Å². The van der Waals surface area contributed by atoms with E-state index in [-0.39, 0.29) is 6.04 Å². The van der Waals surface area contributed by atoms with Gasteiger partial charge in [-0.25, -0.2) is 0 Å². The third-order valence-corrected chi connectivity index (χ3v) is 2.07. The molecular weight excluding hydrogens is 138 g/mol. The molecule has 1 aliphatic carbocycles. The van der Waals surface area contributed by atoms with Gasteiger partial charge in [0.15, 0.2) is 5.78 Å². The molecule has 0 aromatic rings. The summed E-state index contributed by atoms with van der Waals surface area (Å²) in [6.07, 6.45) is 2.99. The number of rotatable bonds is 4. The quantitative estimate of drug-likeness (QED) is 0.665. The van der Waals surface area contributed by atoms with Crippen LogP contribution in [-0.4, -0.2) is 11.8 Å². The third-order valence-electron chi connectivity index (χ3n) is 2.07. The highest BCUT2D eigenvalue weighted by molar-refractivity contribution is 5.87. The molecule has 0 amide bonds. The van der Waals surface area contributed by atoms with Gasteiger partial charge in [0.2, 0.25) is 0 Å².